The molecule has 33 heavy (non-hydrogen) atoms. The molecule has 0 saturated heterocycles. The van der Waals surface area contributed by atoms with E-state index < -0.39 is 0 Å². The standard InChI is InChI=1S/C23H20N8OS/c1-14-8-9-19-18(10-14)15(2)24-20(26-19)12-21-25-16(11-22(32)27-21)13-33-23-28-29-30-31(23)17-6-4-3-5-7-17/h3-11H,12-13H2,1-2H3,(H,25,27,32). The largest absolute Gasteiger partial charge is 0.310 e. The monoisotopic (exact) mass is 456 g/mol. The number of fused-ring (bicyclic) bond motifs is 1. The van der Waals surface area contributed by atoms with Gasteiger partial charge in [-0.25, -0.2) is 15.0 Å². The minimum Gasteiger partial charge on any atom is -0.310 e. The minimum atomic E-state index is -0.216. The predicted molar refractivity (Wildman–Crippen MR) is 125 cm³/mol. The summed E-state index contributed by atoms with van der Waals surface area (Å²) in [4.78, 5) is 29.0. The summed E-state index contributed by atoms with van der Waals surface area (Å²) in [5, 5.41) is 13.6. The Hall–Kier alpha value is -3.92. The molecule has 0 atom stereocenters. The molecule has 0 aliphatic rings. The van der Waals surface area contributed by atoms with E-state index in [0.29, 0.717) is 34.7 Å². The van der Waals surface area contributed by atoms with Crippen molar-refractivity contribution in [3.8, 4) is 5.69 Å². The van der Waals surface area contributed by atoms with Crippen LogP contribution in [0.5, 0.6) is 0 Å². The van der Waals surface area contributed by atoms with Crippen molar-refractivity contribution in [1.82, 2.24) is 40.1 Å². The van der Waals surface area contributed by atoms with Crippen molar-refractivity contribution in [3.05, 3.63) is 93.6 Å². The number of aryl methyl sites for hydroxylation is 2. The number of benzene rings is 2. The topological polar surface area (TPSA) is 115 Å². The number of para-hydroxylation sites is 1. The molecule has 3 heterocycles. The first-order chi connectivity index (χ1) is 16.0. The van der Waals surface area contributed by atoms with Crippen molar-refractivity contribution in [3.63, 3.8) is 0 Å². The molecule has 0 fully saturated rings. The molecular formula is C23H20N8OS. The molecule has 164 valence electrons. The molecule has 0 spiro atoms. The Balaban J connectivity index is 1.36. The van der Waals surface area contributed by atoms with E-state index in [0.717, 1.165) is 27.8 Å². The van der Waals surface area contributed by atoms with Gasteiger partial charge < -0.3 is 4.98 Å². The van der Waals surface area contributed by atoms with Gasteiger partial charge >= 0.3 is 0 Å². The fourth-order valence-electron chi connectivity index (χ4n) is 3.54. The van der Waals surface area contributed by atoms with Crippen LogP contribution in [0.4, 0.5) is 0 Å². The fraction of sp³-hybridized carbons (Fsp3) is 0.174. The quantitative estimate of drug-likeness (QED) is 0.387. The first-order valence-electron chi connectivity index (χ1n) is 10.3. The van der Waals surface area contributed by atoms with Crippen LogP contribution in [0.3, 0.4) is 0 Å². The Labute approximate surface area is 193 Å². The van der Waals surface area contributed by atoms with Gasteiger partial charge in [0.25, 0.3) is 5.56 Å². The SMILES string of the molecule is Cc1ccc2nc(Cc3nc(CSc4nnnn4-c4ccccc4)cc(=O)[nH]3)nc(C)c2c1. The second-order valence-electron chi connectivity index (χ2n) is 7.60. The lowest BCUT2D eigenvalue weighted by molar-refractivity contribution is 0.756. The third-order valence-electron chi connectivity index (χ3n) is 5.05. The van der Waals surface area contributed by atoms with E-state index in [4.69, 9.17) is 0 Å². The molecule has 5 rings (SSSR count). The molecule has 10 heteroatoms. The lowest BCUT2D eigenvalue weighted by Crippen LogP contribution is -2.14. The van der Waals surface area contributed by atoms with Gasteiger partial charge in [0.15, 0.2) is 0 Å². The molecule has 5 aromatic rings. The first kappa shape index (κ1) is 21.0. The van der Waals surface area contributed by atoms with Crippen molar-refractivity contribution < 1.29 is 0 Å². The molecule has 0 bridgehead atoms. The highest BCUT2D eigenvalue weighted by atomic mass is 32.2. The molecule has 9 nitrogen and oxygen atoms in total. The van der Waals surface area contributed by atoms with E-state index in [1.165, 1.54) is 17.8 Å². The zero-order chi connectivity index (χ0) is 22.8. The summed E-state index contributed by atoms with van der Waals surface area (Å²) < 4.78 is 1.66. The van der Waals surface area contributed by atoms with Gasteiger partial charge in [-0.15, -0.1) is 5.10 Å². The Morgan fingerprint density at radius 2 is 1.85 bits per heavy atom. The maximum absolute atomic E-state index is 12.3. The van der Waals surface area contributed by atoms with Crippen LogP contribution in [0.2, 0.25) is 0 Å². The van der Waals surface area contributed by atoms with Gasteiger partial charge in [-0.2, -0.15) is 4.68 Å². The van der Waals surface area contributed by atoms with E-state index >= 15 is 0 Å². The van der Waals surface area contributed by atoms with E-state index in [2.05, 4.69) is 41.5 Å². The molecule has 0 radical (unpaired) electrons. The molecule has 2 aromatic carbocycles. The average Bonchev–Trinajstić information content (AvgIpc) is 3.27. The Morgan fingerprint density at radius 1 is 1.00 bits per heavy atom. The lowest BCUT2D eigenvalue weighted by atomic mass is 10.1. The second kappa shape index (κ2) is 8.91. The Kier molecular flexibility index (Phi) is 5.66. The molecular weight excluding hydrogens is 436 g/mol. The predicted octanol–water partition coefficient (Wildman–Crippen LogP) is 3.19. The number of nitrogens with one attached hydrogen (secondary N) is 1. The average molecular weight is 457 g/mol. The van der Waals surface area contributed by atoms with Crippen molar-refractivity contribution in [2.24, 2.45) is 0 Å². The van der Waals surface area contributed by atoms with E-state index in [1.807, 2.05) is 56.3 Å². The molecule has 0 amide bonds. The van der Waals surface area contributed by atoms with Crippen LogP contribution < -0.4 is 5.56 Å². The van der Waals surface area contributed by atoms with Crippen LogP contribution in [0.25, 0.3) is 16.6 Å². The van der Waals surface area contributed by atoms with E-state index in [1.54, 1.807) is 4.68 Å². The van der Waals surface area contributed by atoms with Gasteiger partial charge in [-0.1, -0.05) is 41.6 Å². The van der Waals surface area contributed by atoms with Crippen molar-refractivity contribution in [1.29, 1.82) is 0 Å². The van der Waals surface area contributed by atoms with Crippen LogP contribution in [-0.4, -0.2) is 40.1 Å². The summed E-state index contributed by atoms with van der Waals surface area (Å²) in [6.45, 7) is 4.01. The Bertz CT molecular complexity index is 1500. The van der Waals surface area contributed by atoms with Crippen LogP contribution in [0.15, 0.2) is 64.5 Å². The minimum absolute atomic E-state index is 0.216. The number of rotatable bonds is 6. The van der Waals surface area contributed by atoms with Gasteiger partial charge in [0.1, 0.15) is 11.6 Å². The van der Waals surface area contributed by atoms with Crippen molar-refractivity contribution in [2.45, 2.75) is 31.2 Å². The van der Waals surface area contributed by atoms with Crippen molar-refractivity contribution >= 4 is 22.7 Å². The number of nitrogens with zero attached hydrogens (tertiary/aromatic N) is 7. The summed E-state index contributed by atoms with van der Waals surface area (Å²) in [5.74, 6) is 1.58. The van der Waals surface area contributed by atoms with E-state index in [-0.39, 0.29) is 5.56 Å². The Morgan fingerprint density at radius 3 is 2.70 bits per heavy atom. The third kappa shape index (κ3) is 4.65. The zero-order valence-electron chi connectivity index (χ0n) is 18.1. The molecule has 1 N–H and O–H groups in total. The molecule has 0 unspecified atom stereocenters. The molecule has 0 aliphatic carbocycles. The van der Waals surface area contributed by atoms with Gasteiger partial charge in [0, 0.05) is 22.9 Å². The number of thioether (sulfide) groups is 1. The van der Waals surface area contributed by atoms with Gasteiger partial charge in [-0.3, -0.25) is 4.79 Å². The smallest absolute Gasteiger partial charge is 0.251 e. The van der Waals surface area contributed by atoms with Crippen LogP contribution in [0, 0.1) is 13.8 Å². The van der Waals surface area contributed by atoms with E-state index in [9.17, 15) is 4.79 Å². The number of tetrazole rings is 1. The normalized spacial score (nSPS) is 11.2. The highest BCUT2D eigenvalue weighted by Gasteiger charge is 2.12. The van der Waals surface area contributed by atoms with Crippen LogP contribution >= 0.6 is 11.8 Å². The maximum atomic E-state index is 12.3. The number of H-pyrrole nitrogens is 1. The summed E-state index contributed by atoms with van der Waals surface area (Å²) in [7, 11) is 0. The van der Waals surface area contributed by atoms with Crippen LogP contribution in [-0.2, 0) is 12.2 Å². The number of aromatic amines is 1. The summed E-state index contributed by atoms with van der Waals surface area (Å²) in [5.41, 5.74) is 4.23. The van der Waals surface area contributed by atoms with Crippen molar-refractivity contribution in [2.75, 3.05) is 0 Å². The highest BCUT2D eigenvalue weighted by molar-refractivity contribution is 7.98. The highest BCUT2D eigenvalue weighted by Crippen LogP contribution is 2.22. The van der Waals surface area contributed by atoms with Gasteiger partial charge in [-0.05, 0) is 48.5 Å². The van der Waals surface area contributed by atoms with Crippen LogP contribution in [0.1, 0.15) is 28.6 Å². The number of aromatic nitrogens is 8. The fourth-order valence-corrected chi connectivity index (χ4v) is 4.33. The number of hydrogen-bond acceptors (Lipinski definition) is 8. The third-order valence-corrected chi connectivity index (χ3v) is 6.00. The number of hydrogen-bond donors (Lipinski definition) is 1. The maximum Gasteiger partial charge on any atom is 0.251 e. The molecule has 0 saturated carbocycles. The van der Waals surface area contributed by atoms with Gasteiger partial charge in [0.05, 0.1) is 23.3 Å². The second-order valence-corrected chi connectivity index (χ2v) is 8.55. The summed E-state index contributed by atoms with van der Waals surface area (Å²) in [6, 6.07) is 17.2. The lowest BCUT2D eigenvalue weighted by Gasteiger charge is -2.07. The molecule has 3 aromatic heterocycles. The first-order valence-corrected chi connectivity index (χ1v) is 11.3. The summed E-state index contributed by atoms with van der Waals surface area (Å²) in [6.07, 6.45) is 0.333. The van der Waals surface area contributed by atoms with Gasteiger partial charge in [0.2, 0.25) is 5.16 Å². The molecule has 0 aliphatic heterocycles. The summed E-state index contributed by atoms with van der Waals surface area (Å²) >= 11 is 1.41. The zero-order valence-corrected chi connectivity index (χ0v) is 18.9.